The van der Waals surface area contributed by atoms with E-state index in [1.807, 2.05) is 60.8 Å². The van der Waals surface area contributed by atoms with E-state index in [4.69, 9.17) is 4.74 Å². The number of hydroxylamine groups is 2. The summed E-state index contributed by atoms with van der Waals surface area (Å²) in [4.78, 5) is 42.0. The Balaban J connectivity index is 1.59. The molecular weight excluding hydrogens is 436 g/mol. The maximum absolute atomic E-state index is 13.5. The second-order valence-corrected chi connectivity index (χ2v) is 8.29. The number of H-pyrrole nitrogens is 1. The Kier molecular flexibility index (Phi) is 7.24. The highest BCUT2D eigenvalue weighted by Crippen LogP contribution is 2.22. The lowest BCUT2D eigenvalue weighted by atomic mass is 9.91. The van der Waals surface area contributed by atoms with Gasteiger partial charge in [0.15, 0.2) is 6.10 Å². The summed E-state index contributed by atoms with van der Waals surface area (Å²) < 4.78 is 5.63. The summed E-state index contributed by atoms with van der Waals surface area (Å²) in [6.45, 7) is 0.149. The summed E-state index contributed by atoms with van der Waals surface area (Å²) in [7, 11) is 1.51. The molecule has 0 bridgehead atoms. The third kappa shape index (κ3) is 5.11. The molecule has 1 saturated heterocycles. The van der Waals surface area contributed by atoms with Gasteiger partial charge in [-0.1, -0.05) is 48.5 Å². The van der Waals surface area contributed by atoms with Crippen molar-refractivity contribution in [2.45, 2.75) is 25.0 Å². The molecule has 1 aliphatic heterocycles. The van der Waals surface area contributed by atoms with Crippen LogP contribution in [0, 0.1) is 5.92 Å². The van der Waals surface area contributed by atoms with E-state index in [0.29, 0.717) is 5.06 Å². The van der Waals surface area contributed by atoms with Gasteiger partial charge in [-0.05, 0) is 23.6 Å². The van der Waals surface area contributed by atoms with Crippen LogP contribution in [0.15, 0.2) is 60.8 Å². The highest BCUT2D eigenvalue weighted by Gasteiger charge is 2.40. The Morgan fingerprint density at radius 2 is 1.85 bits per heavy atom. The Morgan fingerprint density at radius 3 is 2.62 bits per heavy atom. The summed E-state index contributed by atoms with van der Waals surface area (Å²) in [5.74, 6) is -2.45. The number of aromatic nitrogens is 1. The van der Waals surface area contributed by atoms with E-state index in [9.17, 15) is 19.6 Å². The van der Waals surface area contributed by atoms with Crippen molar-refractivity contribution in [3.63, 3.8) is 0 Å². The molecule has 1 fully saturated rings. The average molecular weight is 465 g/mol. The van der Waals surface area contributed by atoms with Crippen molar-refractivity contribution in [1.82, 2.24) is 20.7 Å². The number of amides is 3. The number of rotatable bonds is 8. The van der Waals surface area contributed by atoms with E-state index in [-0.39, 0.29) is 31.9 Å². The third-order valence-electron chi connectivity index (χ3n) is 6.08. The lowest BCUT2D eigenvalue weighted by molar-refractivity contribution is -0.200. The number of carbonyl (C=O) groups is 3. The molecular formula is C25H28N4O5. The van der Waals surface area contributed by atoms with E-state index < -0.39 is 29.9 Å². The van der Waals surface area contributed by atoms with E-state index in [1.54, 1.807) is 0 Å². The van der Waals surface area contributed by atoms with Crippen molar-refractivity contribution >= 4 is 28.6 Å². The fraction of sp³-hybridized carbons (Fsp3) is 0.320. The molecule has 1 unspecified atom stereocenters. The minimum absolute atomic E-state index is 0.0381. The number of para-hydroxylation sites is 1. The first-order valence-corrected chi connectivity index (χ1v) is 11.2. The second kappa shape index (κ2) is 10.5. The maximum Gasteiger partial charge on any atom is 0.275 e. The number of carbonyl (C=O) groups excluding carboxylic acids is 3. The number of hydrogen-bond acceptors (Lipinski definition) is 5. The molecule has 4 N–H and O–H groups in total. The molecule has 1 aromatic heterocycles. The van der Waals surface area contributed by atoms with Crippen LogP contribution in [0.4, 0.5) is 0 Å². The normalized spacial score (nSPS) is 17.9. The molecule has 178 valence electrons. The van der Waals surface area contributed by atoms with E-state index in [1.165, 1.54) is 7.05 Å². The molecule has 0 radical (unpaired) electrons. The monoisotopic (exact) mass is 464 g/mol. The Bertz CT molecular complexity index is 1160. The first-order valence-electron chi connectivity index (χ1n) is 11.2. The van der Waals surface area contributed by atoms with Crippen molar-refractivity contribution in [3.05, 3.63) is 71.9 Å². The van der Waals surface area contributed by atoms with Gasteiger partial charge in [0.1, 0.15) is 6.04 Å². The zero-order valence-corrected chi connectivity index (χ0v) is 18.9. The lowest BCUT2D eigenvalue weighted by Crippen LogP contribution is -2.56. The van der Waals surface area contributed by atoms with Crippen molar-refractivity contribution in [2.75, 3.05) is 20.2 Å². The van der Waals surface area contributed by atoms with Gasteiger partial charge in [0, 0.05) is 30.6 Å². The summed E-state index contributed by atoms with van der Waals surface area (Å²) >= 11 is 0. The van der Waals surface area contributed by atoms with Crippen LogP contribution in [0.25, 0.3) is 10.9 Å². The quantitative estimate of drug-likeness (QED) is 0.376. The first-order chi connectivity index (χ1) is 16.5. The van der Waals surface area contributed by atoms with E-state index in [2.05, 4.69) is 15.6 Å². The van der Waals surface area contributed by atoms with Crippen molar-refractivity contribution in [2.24, 2.45) is 5.92 Å². The fourth-order valence-electron chi connectivity index (χ4n) is 4.27. The number of likely N-dealkylation sites (N-methyl/N-ethyl adjacent to an activating group) is 1. The minimum atomic E-state index is -1.16. The smallest absolute Gasteiger partial charge is 0.275 e. The van der Waals surface area contributed by atoms with Crippen molar-refractivity contribution in [1.29, 1.82) is 0 Å². The number of aromatic amines is 1. The van der Waals surface area contributed by atoms with Crippen LogP contribution in [0.3, 0.4) is 0 Å². The highest BCUT2D eigenvalue weighted by atomic mass is 16.6. The van der Waals surface area contributed by atoms with Gasteiger partial charge < -0.3 is 20.4 Å². The molecule has 9 nitrogen and oxygen atoms in total. The lowest BCUT2D eigenvalue weighted by Gasteiger charge is -2.33. The van der Waals surface area contributed by atoms with Crippen LogP contribution in [0.1, 0.15) is 11.1 Å². The van der Waals surface area contributed by atoms with Gasteiger partial charge in [0.25, 0.3) is 5.91 Å². The van der Waals surface area contributed by atoms with E-state index >= 15 is 0 Å². The first kappa shape index (κ1) is 23.5. The van der Waals surface area contributed by atoms with Gasteiger partial charge >= 0.3 is 0 Å². The van der Waals surface area contributed by atoms with Crippen molar-refractivity contribution < 1.29 is 24.3 Å². The Labute approximate surface area is 197 Å². The maximum atomic E-state index is 13.5. The fourth-order valence-corrected chi connectivity index (χ4v) is 4.27. The third-order valence-corrected chi connectivity index (χ3v) is 6.08. The summed E-state index contributed by atoms with van der Waals surface area (Å²) in [5.41, 5.74) is 2.66. The highest BCUT2D eigenvalue weighted by molar-refractivity contribution is 5.93. The zero-order chi connectivity index (χ0) is 24.1. The number of fused-ring (bicyclic) bond motifs is 1. The summed E-state index contributed by atoms with van der Waals surface area (Å²) in [6.07, 6.45) is 1.15. The van der Waals surface area contributed by atoms with Crippen LogP contribution in [-0.4, -0.2) is 65.3 Å². The molecule has 3 amide bonds. The summed E-state index contributed by atoms with van der Waals surface area (Å²) in [6, 6.07) is 16.1. The Hall–Kier alpha value is -3.69. The van der Waals surface area contributed by atoms with Gasteiger partial charge in [-0.2, -0.15) is 0 Å². The second-order valence-electron chi connectivity index (χ2n) is 8.29. The number of benzene rings is 2. The number of ether oxygens (including phenoxy) is 1. The summed E-state index contributed by atoms with van der Waals surface area (Å²) in [5, 5.41) is 16.9. The predicted octanol–water partition coefficient (Wildman–Crippen LogP) is 1.42. The standard InChI is InChI=1S/C25H28N4O5/c1-26-24(31)21(14-17-15-27-20-10-6-5-9-18(17)20)28-23(30)19(13-16-7-3-2-4-8-16)22-25(32)29(33)11-12-34-22/h2-10,15,19,21-22,27,33H,11-14H2,1H3,(H,26,31)(H,28,30)/t19-,21+,22?/m1/s1. The van der Waals surface area contributed by atoms with Gasteiger partial charge in [-0.3, -0.25) is 19.6 Å². The number of hydrogen-bond donors (Lipinski definition) is 4. The molecule has 34 heavy (non-hydrogen) atoms. The molecule has 3 atom stereocenters. The van der Waals surface area contributed by atoms with E-state index in [0.717, 1.165) is 22.0 Å². The largest absolute Gasteiger partial charge is 0.365 e. The predicted molar refractivity (Wildman–Crippen MR) is 125 cm³/mol. The molecule has 1 aliphatic rings. The minimum Gasteiger partial charge on any atom is -0.365 e. The molecule has 9 heteroatoms. The molecule has 2 heterocycles. The Morgan fingerprint density at radius 1 is 1.12 bits per heavy atom. The van der Waals surface area contributed by atoms with Crippen LogP contribution < -0.4 is 10.6 Å². The van der Waals surface area contributed by atoms with Gasteiger partial charge in [-0.25, -0.2) is 5.06 Å². The van der Waals surface area contributed by atoms with Crippen LogP contribution in [-0.2, 0) is 32.0 Å². The van der Waals surface area contributed by atoms with Gasteiger partial charge in [-0.15, -0.1) is 0 Å². The zero-order valence-electron chi connectivity index (χ0n) is 18.9. The average Bonchev–Trinajstić information content (AvgIpc) is 3.27. The number of nitrogens with zero attached hydrogens (tertiary/aromatic N) is 1. The molecule has 4 rings (SSSR count). The van der Waals surface area contributed by atoms with Gasteiger partial charge in [0.2, 0.25) is 11.8 Å². The molecule has 2 aromatic carbocycles. The van der Waals surface area contributed by atoms with Crippen LogP contribution >= 0.6 is 0 Å². The number of morpholine rings is 1. The number of nitrogens with one attached hydrogen (secondary N) is 3. The SMILES string of the molecule is CNC(=O)[C@H](Cc1c[nH]c2ccccc12)NC(=O)[C@H](Cc1ccccc1)C1OCCN(O)C1=O. The van der Waals surface area contributed by atoms with Crippen LogP contribution in [0.5, 0.6) is 0 Å². The molecule has 0 saturated carbocycles. The molecule has 3 aromatic rings. The van der Waals surface area contributed by atoms with Gasteiger partial charge in [0.05, 0.1) is 19.1 Å². The van der Waals surface area contributed by atoms with Crippen LogP contribution in [0.2, 0.25) is 0 Å². The van der Waals surface area contributed by atoms with Crippen molar-refractivity contribution in [3.8, 4) is 0 Å². The molecule has 0 aliphatic carbocycles. The molecule has 0 spiro atoms. The topological polar surface area (TPSA) is 124 Å².